The molecule has 1 aromatic heterocycles. The average Bonchev–Trinajstić information content (AvgIpc) is 2.60. The summed E-state index contributed by atoms with van der Waals surface area (Å²) in [5.41, 5.74) is -0.553. The van der Waals surface area contributed by atoms with Gasteiger partial charge in [0.25, 0.3) is 0 Å². The van der Waals surface area contributed by atoms with Gasteiger partial charge >= 0.3 is 12.1 Å². The Kier molecular flexibility index (Phi) is 6.22. The molecule has 0 radical (unpaired) electrons. The van der Waals surface area contributed by atoms with Gasteiger partial charge in [0, 0.05) is 24.2 Å². The highest BCUT2D eigenvalue weighted by molar-refractivity contribution is 6.30. The molecule has 0 aliphatic rings. The standard InChI is InChI=1S/C16H14ClF4N3O3/c1-24(5-4-13(25)16(19,20)21)14-10(15(26)27)7-12(22-23-14)9-6-8(17)2-3-11(9)18/h2-3,6-7,13,25H,4-5H2,1H3,(H,26,27). The van der Waals surface area contributed by atoms with Crippen LogP contribution in [0.2, 0.25) is 5.02 Å². The van der Waals surface area contributed by atoms with Crippen molar-refractivity contribution in [1.29, 1.82) is 0 Å². The highest BCUT2D eigenvalue weighted by Crippen LogP contribution is 2.28. The summed E-state index contributed by atoms with van der Waals surface area (Å²) >= 11 is 5.80. The summed E-state index contributed by atoms with van der Waals surface area (Å²) < 4.78 is 51.1. The van der Waals surface area contributed by atoms with Gasteiger partial charge in [-0.05, 0) is 30.7 Å². The van der Waals surface area contributed by atoms with E-state index in [1.807, 2.05) is 0 Å². The van der Waals surface area contributed by atoms with Crippen LogP contribution in [0.25, 0.3) is 11.3 Å². The van der Waals surface area contributed by atoms with Gasteiger partial charge in [-0.25, -0.2) is 9.18 Å². The minimum atomic E-state index is -4.78. The maximum atomic E-state index is 14.0. The van der Waals surface area contributed by atoms with Gasteiger partial charge in [-0.15, -0.1) is 10.2 Å². The predicted molar refractivity (Wildman–Crippen MR) is 89.3 cm³/mol. The summed E-state index contributed by atoms with van der Waals surface area (Å²) in [6.07, 6.45) is -8.03. The molecule has 0 fully saturated rings. The van der Waals surface area contributed by atoms with Crippen LogP contribution in [0.3, 0.4) is 0 Å². The van der Waals surface area contributed by atoms with Crippen LogP contribution in [-0.2, 0) is 0 Å². The van der Waals surface area contributed by atoms with Gasteiger partial charge in [-0.3, -0.25) is 0 Å². The Balaban J connectivity index is 2.33. The third kappa shape index (κ3) is 5.04. The lowest BCUT2D eigenvalue weighted by atomic mass is 10.1. The van der Waals surface area contributed by atoms with Crippen LogP contribution < -0.4 is 4.90 Å². The topological polar surface area (TPSA) is 86.5 Å². The van der Waals surface area contributed by atoms with Gasteiger partial charge in [0.15, 0.2) is 11.9 Å². The summed E-state index contributed by atoms with van der Waals surface area (Å²) in [4.78, 5) is 12.6. The van der Waals surface area contributed by atoms with Crippen molar-refractivity contribution in [3.63, 3.8) is 0 Å². The SMILES string of the molecule is CN(CCC(O)C(F)(F)F)c1nnc(-c2cc(Cl)ccc2F)cc1C(=O)O. The number of rotatable bonds is 6. The quantitative estimate of drug-likeness (QED) is 0.714. The number of carboxylic acid groups (broad SMARTS) is 1. The number of aliphatic hydroxyl groups excluding tert-OH is 1. The number of alkyl halides is 3. The van der Waals surface area contributed by atoms with E-state index in [2.05, 4.69) is 10.2 Å². The number of halogens is 5. The summed E-state index contributed by atoms with van der Waals surface area (Å²) in [5, 5.41) is 26.1. The van der Waals surface area contributed by atoms with Gasteiger partial charge in [0.2, 0.25) is 0 Å². The Morgan fingerprint density at radius 3 is 2.56 bits per heavy atom. The van der Waals surface area contributed by atoms with Crippen molar-refractivity contribution in [2.24, 2.45) is 0 Å². The molecule has 11 heteroatoms. The first kappa shape index (κ1) is 20.8. The van der Waals surface area contributed by atoms with Crippen LogP contribution in [-0.4, -0.2) is 52.3 Å². The summed E-state index contributed by atoms with van der Waals surface area (Å²) in [7, 11) is 1.30. The van der Waals surface area contributed by atoms with Crippen LogP contribution in [0.4, 0.5) is 23.4 Å². The van der Waals surface area contributed by atoms with E-state index in [0.29, 0.717) is 0 Å². The zero-order valence-electron chi connectivity index (χ0n) is 13.8. The molecule has 1 atom stereocenters. The lowest BCUT2D eigenvalue weighted by Crippen LogP contribution is -2.33. The average molecular weight is 408 g/mol. The number of aliphatic hydroxyl groups is 1. The number of carbonyl (C=O) groups is 1. The molecule has 1 unspecified atom stereocenters. The second-order valence-corrected chi connectivity index (χ2v) is 6.10. The van der Waals surface area contributed by atoms with Crippen molar-refractivity contribution in [2.45, 2.75) is 18.7 Å². The molecular weight excluding hydrogens is 394 g/mol. The first-order chi connectivity index (χ1) is 12.5. The van der Waals surface area contributed by atoms with Gasteiger partial charge < -0.3 is 15.1 Å². The van der Waals surface area contributed by atoms with E-state index < -0.39 is 30.5 Å². The summed E-state index contributed by atoms with van der Waals surface area (Å²) in [6, 6.07) is 4.68. The van der Waals surface area contributed by atoms with E-state index in [0.717, 1.165) is 17.0 Å². The van der Waals surface area contributed by atoms with Crippen LogP contribution in [0.15, 0.2) is 24.3 Å². The fourth-order valence-corrected chi connectivity index (χ4v) is 2.41. The summed E-state index contributed by atoms with van der Waals surface area (Å²) in [6.45, 7) is -0.333. The number of hydrogen-bond donors (Lipinski definition) is 2. The molecule has 6 nitrogen and oxygen atoms in total. The largest absolute Gasteiger partial charge is 0.478 e. The maximum Gasteiger partial charge on any atom is 0.414 e. The lowest BCUT2D eigenvalue weighted by Gasteiger charge is -2.22. The van der Waals surface area contributed by atoms with Gasteiger partial charge in [-0.1, -0.05) is 11.6 Å². The van der Waals surface area contributed by atoms with Gasteiger partial charge in [-0.2, -0.15) is 13.2 Å². The molecule has 2 N–H and O–H groups in total. The molecule has 146 valence electrons. The molecule has 1 heterocycles. The van der Waals surface area contributed by atoms with Crippen LogP contribution in [0.1, 0.15) is 16.8 Å². The molecule has 0 saturated heterocycles. The van der Waals surface area contributed by atoms with E-state index in [4.69, 9.17) is 16.7 Å². The molecule has 2 aromatic rings. The van der Waals surface area contributed by atoms with Crippen LogP contribution >= 0.6 is 11.6 Å². The van der Waals surface area contributed by atoms with Crippen molar-refractivity contribution >= 4 is 23.4 Å². The van der Waals surface area contributed by atoms with E-state index in [1.165, 1.54) is 19.2 Å². The van der Waals surface area contributed by atoms with E-state index in [1.54, 1.807) is 0 Å². The number of aromatic carboxylic acids is 1. The number of nitrogens with zero attached hydrogens (tertiary/aromatic N) is 3. The molecule has 1 aromatic carbocycles. The van der Waals surface area contributed by atoms with Crippen molar-refractivity contribution < 1.29 is 32.6 Å². The molecule has 0 aliphatic heterocycles. The monoisotopic (exact) mass is 407 g/mol. The fraction of sp³-hybridized carbons (Fsp3) is 0.312. The number of hydrogen-bond acceptors (Lipinski definition) is 5. The van der Waals surface area contributed by atoms with Crippen LogP contribution in [0.5, 0.6) is 0 Å². The maximum absolute atomic E-state index is 14.0. The predicted octanol–water partition coefficient (Wildman–Crippen LogP) is 3.38. The summed E-state index contributed by atoms with van der Waals surface area (Å²) in [5.74, 6) is -2.34. The first-order valence-corrected chi connectivity index (χ1v) is 7.91. The minimum absolute atomic E-state index is 0.0702. The third-order valence-corrected chi connectivity index (χ3v) is 3.92. The molecule has 2 rings (SSSR count). The Morgan fingerprint density at radius 2 is 1.96 bits per heavy atom. The third-order valence-electron chi connectivity index (χ3n) is 3.69. The van der Waals surface area contributed by atoms with Crippen LogP contribution in [0, 0.1) is 5.82 Å². The highest BCUT2D eigenvalue weighted by atomic mass is 35.5. The zero-order chi connectivity index (χ0) is 20.4. The number of carboxylic acids is 1. The zero-order valence-corrected chi connectivity index (χ0v) is 14.6. The molecular formula is C16H14ClF4N3O3. The van der Waals surface area contributed by atoms with Crippen molar-refractivity contribution in [2.75, 3.05) is 18.5 Å². The second-order valence-electron chi connectivity index (χ2n) is 5.66. The van der Waals surface area contributed by atoms with E-state index in [-0.39, 0.29) is 34.2 Å². The Hall–Kier alpha value is -2.46. The number of benzene rings is 1. The van der Waals surface area contributed by atoms with Crippen molar-refractivity contribution in [3.8, 4) is 11.3 Å². The van der Waals surface area contributed by atoms with E-state index >= 15 is 0 Å². The molecule has 0 amide bonds. The second kappa shape index (κ2) is 8.05. The van der Waals surface area contributed by atoms with Crippen molar-refractivity contribution in [3.05, 3.63) is 40.7 Å². The minimum Gasteiger partial charge on any atom is -0.478 e. The Labute approximate surface area is 156 Å². The van der Waals surface area contributed by atoms with Gasteiger partial charge in [0.1, 0.15) is 11.4 Å². The molecule has 0 aliphatic carbocycles. The van der Waals surface area contributed by atoms with Gasteiger partial charge in [0.05, 0.1) is 5.69 Å². The normalized spacial score (nSPS) is 12.7. The molecule has 0 spiro atoms. The Morgan fingerprint density at radius 1 is 1.30 bits per heavy atom. The fourth-order valence-electron chi connectivity index (χ4n) is 2.24. The lowest BCUT2D eigenvalue weighted by molar-refractivity contribution is -0.204. The number of anilines is 1. The highest BCUT2D eigenvalue weighted by Gasteiger charge is 2.38. The molecule has 0 saturated carbocycles. The number of aromatic nitrogens is 2. The first-order valence-electron chi connectivity index (χ1n) is 7.53. The van der Waals surface area contributed by atoms with E-state index in [9.17, 15) is 27.5 Å². The Bertz CT molecular complexity index is 848. The van der Waals surface area contributed by atoms with Crippen molar-refractivity contribution in [1.82, 2.24) is 10.2 Å². The smallest absolute Gasteiger partial charge is 0.414 e. The molecule has 27 heavy (non-hydrogen) atoms. The molecule has 0 bridgehead atoms.